The van der Waals surface area contributed by atoms with Crippen molar-refractivity contribution in [3.05, 3.63) is 95.0 Å². The molecule has 3 aromatic rings. The molecule has 1 saturated heterocycles. The van der Waals surface area contributed by atoms with Crippen molar-refractivity contribution in [1.82, 2.24) is 10.3 Å². The Morgan fingerprint density at radius 3 is 2.47 bits per heavy atom. The molecule has 5 nitrogen and oxygen atoms in total. The van der Waals surface area contributed by atoms with Gasteiger partial charge in [-0.3, -0.25) is 9.69 Å². The highest BCUT2D eigenvalue weighted by atomic mass is 35.5. The molecule has 0 radical (unpaired) electrons. The molecule has 0 bridgehead atoms. The zero-order chi connectivity index (χ0) is 22.2. The average molecular weight is 448 g/mol. The Labute approximate surface area is 193 Å². The summed E-state index contributed by atoms with van der Waals surface area (Å²) in [5.41, 5.74) is 4.79. The van der Waals surface area contributed by atoms with Crippen molar-refractivity contribution in [2.75, 3.05) is 13.1 Å². The minimum Gasteiger partial charge on any atom is -0.457 e. The van der Waals surface area contributed by atoms with E-state index in [1.807, 2.05) is 66.7 Å². The third-order valence-corrected chi connectivity index (χ3v) is 5.76. The van der Waals surface area contributed by atoms with Crippen LogP contribution in [0.4, 0.5) is 0 Å². The van der Waals surface area contributed by atoms with Crippen LogP contribution in [0.15, 0.2) is 84.0 Å². The molecule has 0 saturated carbocycles. The molecule has 1 N–H and O–H groups in total. The lowest BCUT2D eigenvalue weighted by Crippen LogP contribution is -2.39. The number of nitrogens with one attached hydrogen (secondary N) is 1. The highest BCUT2D eigenvalue weighted by molar-refractivity contribution is 6.30. The first-order valence-corrected chi connectivity index (χ1v) is 11.2. The minimum atomic E-state index is -0.0240. The summed E-state index contributed by atoms with van der Waals surface area (Å²) in [6.07, 6.45) is 3.30. The summed E-state index contributed by atoms with van der Waals surface area (Å²) in [5, 5.41) is 4.90. The lowest BCUT2D eigenvalue weighted by atomic mass is 9.96. The molecular formula is C26H26ClN3O2. The molecule has 164 valence electrons. The molecule has 1 aliphatic rings. The van der Waals surface area contributed by atoms with Gasteiger partial charge in [-0.25, -0.2) is 5.43 Å². The van der Waals surface area contributed by atoms with Crippen LogP contribution in [0.25, 0.3) is 0 Å². The number of hydrogen-bond acceptors (Lipinski definition) is 4. The molecule has 0 unspecified atom stereocenters. The van der Waals surface area contributed by atoms with Gasteiger partial charge in [0.25, 0.3) is 0 Å². The van der Waals surface area contributed by atoms with Crippen molar-refractivity contribution in [2.45, 2.75) is 19.4 Å². The fourth-order valence-corrected chi connectivity index (χ4v) is 3.87. The van der Waals surface area contributed by atoms with Crippen LogP contribution in [-0.4, -0.2) is 30.1 Å². The maximum Gasteiger partial charge on any atom is 0.243 e. The van der Waals surface area contributed by atoms with Gasteiger partial charge in [-0.05, 0) is 73.5 Å². The molecule has 0 aromatic heterocycles. The number of para-hydroxylation sites is 1. The third-order valence-electron chi connectivity index (χ3n) is 5.50. The predicted molar refractivity (Wildman–Crippen MR) is 128 cm³/mol. The van der Waals surface area contributed by atoms with Crippen molar-refractivity contribution < 1.29 is 9.53 Å². The molecule has 0 spiro atoms. The van der Waals surface area contributed by atoms with E-state index < -0.39 is 0 Å². The van der Waals surface area contributed by atoms with Gasteiger partial charge in [-0.2, -0.15) is 5.10 Å². The first-order chi connectivity index (χ1) is 15.7. The second-order valence-corrected chi connectivity index (χ2v) is 8.34. The van der Waals surface area contributed by atoms with E-state index in [4.69, 9.17) is 16.3 Å². The van der Waals surface area contributed by atoms with Crippen molar-refractivity contribution in [3.63, 3.8) is 0 Å². The Bertz CT molecular complexity index is 1050. The quantitative estimate of drug-likeness (QED) is 0.384. The summed E-state index contributed by atoms with van der Waals surface area (Å²) in [7, 11) is 0. The number of hydrazone groups is 1. The highest BCUT2D eigenvalue weighted by Gasteiger charge is 2.24. The number of piperidine rings is 1. The Hall–Kier alpha value is -3.15. The topological polar surface area (TPSA) is 53.9 Å². The van der Waals surface area contributed by atoms with Gasteiger partial charge in [-0.15, -0.1) is 0 Å². The predicted octanol–water partition coefficient (Wildman–Crippen LogP) is 5.49. The SMILES string of the molecule is O=C(N/N=C\c1cccc(Oc2ccccc2)c1)C1CCN(Cc2ccc(Cl)cc2)CC1. The fourth-order valence-electron chi connectivity index (χ4n) is 3.75. The summed E-state index contributed by atoms with van der Waals surface area (Å²) in [5.74, 6) is 1.46. The number of carbonyl (C=O) groups is 1. The van der Waals surface area contributed by atoms with Crippen LogP contribution in [-0.2, 0) is 11.3 Å². The standard InChI is InChI=1S/C26H26ClN3O2/c27-23-11-9-20(10-12-23)19-30-15-13-22(14-16-30)26(31)29-28-18-21-5-4-8-25(17-21)32-24-6-2-1-3-7-24/h1-12,17-18,22H,13-16,19H2,(H,29,31)/b28-18-. The largest absolute Gasteiger partial charge is 0.457 e. The van der Waals surface area contributed by atoms with Crippen LogP contribution in [0.1, 0.15) is 24.0 Å². The molecule has 1 amide bonds. The molecule has 0 atom stereocenters. The molecule has 6 heteroatoms. The van der Waals surface area contributed by atoms with Crippen molar-refractivity contribution in [3.8, 4) is 11.5 Å². The van der Waals surface area contributed by atoms with Gasteiger partial charge in [0.05, 0.1) is 6.21 Å². The number of carbonyl (C=O) groups excluding carboxylic acids is 1. The van der Waals surface area contributed by atoms with Crippen LogP contribution in [0.2, 0.25) is 5.02 Å². The summed E-state index contributed by atoms with van der Waals surface area (Å²) in [6.45, 7) is 2.66. The van der Waals surface area contributed by atoms with E-state index in [0.717, 1.165) is 54.6 Å². The van der Waals surface area contributed by atoms with Crippen molar-refractivity contribution in [1.29, 1.82) is 0 Å². The van der Waals surface area contributed by atoms with Gasteiger partial charge < -0.3 is 4.74 Å². The summed E-state index contributed by atoms with van der Waals surface area (Å²) in [4.78, 5) is 14.9. The molecule has 4 rings (SSSR count). The van der Waals surface area contributed by atoms with Gasteiger partial charge in [0.2, 0.25) is 5.91 Å². The van der Waals surface area contributed by atoms with Crippen LogP contribution < -0.4 is 10.2 Å². The summed E-state index contributed by atoms with van der Waals surface area (Å²) >= 11 is 5.95. The zero-order valence-corrected chi connectivity index (χ0v) is 18.5. The van der Waals surface area contributed by atoms with Gasteiger partial charge in [0.15, 0.2) is 0 Å². The van der Waals surface area contributed by atoms with E-state index >= 15 is 0 Å². The molecule has 32 heavy (non-hydrogen) atoms. The number of nitrogens with zero attached hydrogens (tertiary/aromatic N) is 2. The number of amides is 1. The monoisotopic (exact) mass is 447 g/mol. The Kier molecular flexibility index (Phi) is 7.54. The Morgan fingerprint density at radius 1 is 1.00 bits per heavy atom. The maximum atomic E-state index is 12.5. The van der Waals surface area contributed by atoms with Crippen LogP contribution >= 0.6 is 11.6 Å². The third kappa shape index (κ3) is 6.42. The van der Waals surface area contributed by atoms with Crippen LogP contribution in [0.3, 0.4) is 0 Å². The van der Waals surface area contributed by atoms with E-state index in [9.17, 15) is 4.79 Å². The first kappa shape index (κ1) is 22.1. The van der Waals surface area contributed by atoms with Gasteiger partial charge in [0, 0.05) is 17.5 Å². The van der Waals surface area contributed by atoms with E-state index in [2.05, 4.69) is 27.6 Å². The van der Waals surface area contributed by atoms with Crippen molar-refractivity contribution in [2.24, 2.45) is 11.0 Å². The van der Waals surface area contributed by atoms with E-state index in [1.165, 1.54) is 5.56 Å². The lowest BCUT2D eigenvalue weighted by molar-refractivity contribution is -0.126. The molecular weight excluding hydrogens is 422 g/mol. The van der Waals surface area contributed by atoms with Gasteiger partial charge in [-0.1, -0.05) is 54.1 Å². The lowest BCUT2D eigenvalue weighted by Gasteiger charge is -2.30. The van der Waals surface area contributed by atoms with Crippen LogP contribution in [0, 0.1) is 5.92 Å². The summed E-state index contributed by atoms with van der Waals surface area (Å²) < 4.78 is 5.84. The number of benzene rings is 3. The normalized spacial score (nSPS) is 15.0. The average Bonchev–Trinajstić information content (AvgIpc) is 2.82. The van der Waals surface area contributed by atoms with E-state index in [-0.39, 0.29) is 11.8 Å². The van der Waals surface area contributed by atoms with E-state index in [1.54, 1.807) is 6.21 Å². The smallest absolute Gasteiger partial charge is 0.243 e. The second-order valence-electron chi connectivity index (χ2n) is 7.90. The fraction of sp³-hybridized carbons (Fsp3) is 0.231. The first-order valence-electron chi connectivity index (χ1n) is 10.8. The number of likely N-dealkylation sites (tertiary alicyclic amines) is 1. The molecule has 1 fully saturated rings. The number of halogens is 1. The van der Waals surface area contributed by atoms with Crippen molar-refractivity contribution >= 4 is 23.7 Å². The minimum absolute atomic E-state index is 0.0126. The number of ether oxygens (including phenoxy) is 1. The van der Waals surface area contributed by atoms with Gasteiger partial charge >= 0.3 is 0 Å². The maximum absolute atomic E-state index is 12.5. The Morgan fingerprint density at radius 2 is 1.72 bits per heavy atom. The van der Waals surface area contributed by atoms with Gasteiger partial charge in [0.1, 0.15) is 11.5 Å². The number of hydrogen-bond donors (Lipinski definition) is 1. The number of rotatable bonds is 7. The molecule has 1 aliphatic heterocycles. The highest BCUT2D eigenvalue weighted by Crippen LogP contribution is 2.22. The molecule has 0 aliphatic carbocycles. The second kappa shape index (κ2) is 10.9. The van der Waals surface area contributed by atoms with Crippen LogP contribution in [0.5, 0.6) is 11.5 Å². The zero-order valence-electron chi connectivity index (χ0n) is 17.8. The Balaban J connectivity index is 1.23. The molecule has 3 aromatic carbocycles. The molecule has 1 heterocycles. The summed E-state index contributed by atoms with van der Waals surface area (Å²) in [6, 6.07) is 25.1. The van der Waals surface area contributed by atoms with E-state index in [0.29, 0.717) is 0 Å².